The molecule has 2 aliphatic heterocycles. The Balaban J connectivity index is 0.945. The molecule has 0 N–H and O–H groups in total. The summed E-state index contributed by atoms with van der Waals surface area (Å²) in [7, 11) is -3.92. The Kier molecular flexibility index (Phi) is 7.46. The molecule has 6 aromatic rings. The lowest BCUT2D eigenvalue weighted by atomic mass is 10.1. The van der Waals surface area contributed by atoms with Crippen LogP contribution in [0.4, 0.5) is 11.6 Å². The number of carbonyl (C=O) groups excluding carboxylic acids is 4. The molecule has 0 bridgehead atoms. The van der Waals surface area contributed by atoms with Gasteiger partial charge in [-0.3, -0.25) is 19.2 Å². The number of sulfone groups is 1. The molecule has 12 nitrogen and oxygen atoms in total. The van der Waals surface area contributed by atoms with Crippen LogP contribution in [0.1, 0.15) is 41.4 Å². The standard InChI is InChI=1S/C38H22N4O8S/c43-35-29-17-11-25(21-31(29)37(45)41(35)33-5-1-3-19-39-33)49-23-7-13-27(14-8-23)51(47,48)28-15-9-24(10-16-28)50-26-12-18-30-32(22-26)38(46)42(36(30)44)34-6-2-4-20-40-34/h1-22H. The minimum atomic E-state index is -3.92. The van der Waals surface area contributed by atoms with Crippen molar-refractivity contribution in [3.8, 4) is 23.0 Å². The van der Waals surface area contributed by atoms with Gasteiger partial charge < -0.3 is 9.47 Å². The summed E-state index contributed by atoms with van der Waals surface area (Å²) in [5.74, 6) is -0.386. The van der Waals surface area contributed by atoms with Crippen molar-refractivity contribution in [3.05, 3.63) is 156 Å². The zero-order valence-corrected chi connectivity index (χ0v) is 27.0. The van der Waals surface area contributed by atoms with E-state index in [1.807, 2.05) is 0 Å². The fraction of sp³-hybridized carbons (Fsp3) is 0. The molecule has 2 aromatic heterocycles. The zero-order chi connectivity index (χ0) is 35.3. The van der Waals surface area contributed by atoms with Crippen molar-refractivity contribution in [3.63, 3.8) is 0 Å². The van der Waals surface area contributed by atoms with Gasteiger partial charge in [0, 0.05) is 12.4 Å². The van der Waals surface area contributed by atoms with E-state index in [2.05, 4.69) is 9.97 Å². The molecule has 0 spiro atoms. The summed E-state index contributed by atoms with van der Waals surface area (Å²) in [6.45, 7) is 0. The summed E-state index contributed by atoms with van der Waals surface area (Å²) >= 11 is 0. The first kappa shape index (κ1) is 31.3. The molecule has 8 rings (SSSR count). The summed E-state index contributed by atoms with van der Waals surface area (Å²) < 4.78 is 38.6. The lowest BCUT2D eigenvalue weighted by Crippen LogP contribution is -2.30. The number of benzene rings is 4. The number of hydrogen-bond donors (Lipinski definition) is 0. The van der Waals surface area contributed by atoms with E-state index in [0.29, 0.717) is 11.5 Å². The molecule has 4 heterocycles. The second kappa shape index (κ2) is 12.2. The van der Waals surface area contributed by atoms with Crippen molar-refractivity contribution < 1.29 is 37.1 Å². The summed E-state index contributed by atoms with van der Waals surface area (Å²) in [5, 5.41) is 0. The molecule has 13 heteroatoms. The van der Waals surface area contributed by atoms with Crippen LogP contribution in [0.5, 0.6) is 23.0 Å². The SMILES string of the molecule is O=C1c2ccc(Oc3ccc(S(=O)(=O)c4ccc(Oc5ccc6c(c5)C(=O)N(c5ccccn5)C6=O)cc4)cc3)cc2C(=O)N1c1ccccn1. The molecular weight excluding hydrogens is 673 g/mol. The van der Waals surface area contributed by atoms with Crippen molar-refractivity contribution in [2.24, 2.45) is 0 Å². The summed E-state index contributed by atoms with van der Waals surface area (Å²) in [4.78, 5) is 62.1. The van der Waals surface area contributed by atoms with Crippen LogP contribution in [0.3, 0.4) is 0 Å². The van der Waals surface area contributed by atoms with Crippen molar-refractivity contribution in [1.29, 1.82) is 0 Å². The molecule has 0 saturated carbocycles. The van der Waals surface area contributed by atoms with E-state index in [4.69, 9.17) is 9.47 Å². The van der Waals surface area contributed by atoms with E-state index < -0.39 is 33.5 Å². The summed E-state index contributed by atoms with van der Waals surface area (Å²) in [5.41, 5.74) is 0.786. The van der Waals surface area contributed by atoms with Gasteiger partial charge in [-0.2, -0.15) is 0 Å². The van der Waals surface area contributed by atoms with Crippen LogP contribution in [0.2, 0.25) is 0 Å². The van der Waals surface area contributed by atoms with Gasteiger partial charge in [0.05, 0.1) is 32.0 Å². The fourth-order valence-electron chi connectivity index (χ4n) is 5.74. The highest BCUT2D eigenvalue weighted by molar-refractivity contribution is 7.91. The summed E-state index contributed by atoms with van der Waals surface area (Å²) in [6.07, 6.45) is 2.98. The highest BCUT2D eigenvalue weighted by Crippen LogP contribution is 2.34. The maximum Gasteiger partial charge on any atom is 0.267 e. The van der Waals surface area contributed by atoms with E-state index in [1.165, 1.54) is 85.2 Å². The molecule has 51 heavy (non-hydrogen) atoms. The van der Waals surface area contributed by atoms with Crippen molar-refractivity contribution in [2.45, 2.75) is 9.79 Å². The van der Waals surface area contributed by atoms with E-state index in [9.17, 15) is 27.6 Å². The molecule has 2 aliphatic rings. The van der Waals surface area contributed by atoms with Gasteiger partial charge in [0.25, 0.3) is 23.6 Å². The largest absolute Gasteiger partial charge is 0.457 e. The van der Waals surface area contributed by atoms with Crippen LogP contribution in [0.25, 0.3) is 0 Å². The van der Waals surface area contributed by atoms with E-state index in [1.54, 1.807) is 48.5 Å². The smallest absolute Gasteiger partial charge is 0.267 e. The van der Waals surface area contributed by atoms with Gasteiger partial charge in [0.1, 0.15) is 34.6 Å². The quantitative estimate of drug-likeness (QED) is 0.162. The number of aromatic nitrogens is 2. The minimum absolute atomic E-state index is 0.0171. The Morgan fingerprint density at radius 3 is 1.18 bits per heavy atom. The van der Waals surface area contributed by atoms with Gasteiger partial charge in [-0.1, -0.05) is 12.1 Å². The number of amides is 4. The Labute approximate surface area is 290 Å². The Morgan fingerprint density at radius 1 is 0.431 bits per heavy atom. The van der Waals surface area contributed by atoms with Crippen molar-refractivity contribution in [1.82, 2.24) is 9.97 Å². The first-order chi connectivity index (χ1) is 24.7. The molecule has 4 aromatic carbocycles. The van der Waals surface area contributed by atoms with Crippen molar-refractivity contribution in [2.75, 3.05) is 9.80 Å². The van der Waals surface area contributed by atoms with Crippen LogP contribution in [0, 0.1) is 0 Å². The molecule has 4 amide bonds. The highest BCUT2D eigenvalue weighted by atomic mass is 32.2. The van der Waals surface area contributed by atoms with Gasteiger partial charge in [-0.25, -0.2) is 28.2 Å². The topological polar surface area (TPSA) is 153 Å². The van der Waals surface area contributed by atoms with E-state index in [0.717, 1.165) is 9.80 Å². The third-order valence-corrected chi connectivity index (χ3v) is 10.00. The first-order valence-electron chi connectivity index (χ1n) is 15.4. The zero-order valence-electron chi connectivity index (χ0n) is 26.2. The predicted molar refractivity (Wildman–Crippen MR) is 182 cm³/mol. The molecule has 0 unspecified atom stereocenters. The average molecular weight is 695 g/mol. The van der Waals surface area contributed by atoms with Crippen LogP contribution in [-0.2, 0) is 9.84 Å². The van der Waals surface area contributed by atoms with E-state index in [-0.39, 0.29) is 55.2 Å². The molecule has 0 saturated heterocycles. The Morgan fingerprint density at radius 2 is 0.804 bits per heavy atom. The van der Waals surface area contributed by atoms with Crippen LogP contribution in [0.15, 0.2) is 144 Å². The van der Waals surface area contributed by atoms with Gasteiger partial charge in [0.15, 0.2) is 0 Å². The predicted octanol–water partition coefficient (Wildman–Crippen LogP) is 6.50. The monoisotopic (exact) mass is 694 g/mol. The van der Waals surface area contributed by atoms with Crippen LogP contribution in [-0.4, -0.2) is 42.0 Å². The normalized spacial score (nSPS) is 13.7. The number of anilines is 2. The number of pyridine rings is 2. The van der Waals surface area contributed by atoms with Crippen LogP contribution >= 0.6 is 0 Å². The second-order valence-corrected chi connectivity index (χ2v) is 13.3. The lowest BCUT2D eigenvalue weighted by Gasteiger charge is -2.11. The van der Waals surface area contributed by atoms with E-state index >= 15 is 0 Å². The first-order valence-corrected chi connectivity index (χ1v) is 16.9. The molecule has 0 fully saturated rings. The second-order valence-electron chi connectivity index (χ2n) is 11.3. The highest BCUT2D eigenvalue weighted by Gasteiger charge is 2.39. The fourth-order valence-corrected chi connectivity index (χ4v) is 7.00. The maximum absolute atomic E-state index is 13.4. The maximum atomic E-state index is 13.4. The summed E-state index contributed by atoms with van der Waals surface area (Å²) in [6, 6.07) is 30.4. The van der Waals surface area contributed by atoms with Gasteiger partial charge in [-0.05, 0) is 109 Å². The minimum Gasteiger partial charge on any atom is -0.457 e. The molecule has 0 atom stereocenters. The lowest BCUT2D eigenvalue weighted by molar-refractivity contribution is 0.0909. The number of nitrogens with zero attached hydrogens (tertiary/aromatic N) is 4. The Bertz CT molecular complexity index is 2340. The number of rotatable bonds is 8. The molecule has 0 radical (unpaired) electrons. The molecule has 248 valence electrons. The van der Waals surface area contributed by atoms with Gasteiger partial charge >= 0.3 is 0 Å². The average Bonchev–Trinajstić information content (AvgIpc) is 3.55. The number of imide groups is 2. The van der Waals surface area contributed by atoms with Crippen LogP contribution < -0.4 is 19.3 Å². The third kappa shape index (κ3) is 5.47. The van der Waals surface area contributed by atoms with Gasteiger partial charge in [-0.15, -0.1) is 0 Å². The number of carbonyl (C=O) groups is 4. The number of hydrogen-bond acceptors (Lipinski definition) is 10. The number of fused-ring (bicyclic) bond motifs is 2. The Hall–Kier alpha value is -6.99. The van der Waals surface area contributed by atoms with Crippen molar-refractivity contribution >= 4 is 45.1 Å². The number of ether oxygens (including phenoxy) is 2. The molecular formula is C38H22N4O8S. The van der Waals surface area contributed by atoms with Gasteiger partial charge in [0.2, 0.25) is 9.84 Å². The molecule has 0 aliphatic carbocycles. The third-order valence-electron chi connectivity index (χ3n) is 8.21.